The molecule has 0 aromatic carbocycles. The quantitative estimate of drug-likeness (QED) is 0.859. The molecule has 0 spiro atoms. The molecule has 3 heterocycles. The van der Waals surface area contributed by atoms with E-state index in [4.69, 9.17) is 4.98 Å². The second-order valence-corrected chi connectivity index (χ2v) is 6.09. The molecule has 2 fully saturated rings. The van der Waals surface area contributed by atoms with Crippen LogP contribution in [0.1, 0.15) is 23.0 Å². The highest BCUT2D eigenvalue weighted by Gasteiger charge is 2.24. The maximum Gasteiger partial charge on any atom is 0.0932 e. The number of likely N-dealkylation sites (tertiary alicyclic amines) is 1. The third kappa shape index (κ3) is 2.14. The lowest BCUT2D eigenvalue weighted by molar-refractivity contribution is 0.346. The first kappa shape index (κ1) is 10.7. The highest BCUT2D eigenvalue weighted by Crippen LogP contribution is 2.28. The maximum atomic E-state index is 4.81. The molecule has 2 saturated heterocycles. The molecule has 88 valence electrons. The lowest BCUT2D eigenvalue weighted by Crippen LogP contribution is -2.43. The van der Waals surface area contributed by atoms with Crippen molar-refractivity contribution in [2.45, 2.75) is 18.8 Å². The second-order valence-electron chi connectivity index (χ2n) is 5.14. The summed E-state index contributed by atoms with van der Waals surface area (Å²) in [6.45, 7) is 4.78. The molecule has 2 aliphatic rings. The molecular weight excluding hydrogens is 218 g/mol. The van der Waals surface area contributed by atoms with Crippen molar-refractivity contribution < 1.29 is 0 Å². The summed E-state index contributed by atoms with van der Waals surface area (Å²) in [5.41, 5.74) is 1.34. The molecule has 4 heteroatoms. The van der Waals surface area contributed by atoms with Crippen molar-refractivity contribution in [3.63, 3.8) is 0 Å². The summed E-state index contributed by atoms with van der Waals surface area (Å²) in [6.07, 6.45) is 2.46. The Morgan fingerprint density at radius 3 is 3.06 bits per heavy atom. The highest BCUT2D eigenvalue weighted by atomic mass is 32.1. The van der Waals surface area contributed by atoms with Gasteiger partial charge in [0.2, 0.25) is 0 Å². The van der Waals surface area contributed by atoms with E-state index >= 15 is 0 Å². The molecule has 0 amide bonds. The molecule has 1 unspecified atom stereocenters. The van der Waals surface area contributed by atoms with Crippen LogP contribution in [0.15, 0.2) is 5.38 Å². The van der Waals surface area contributed by atoms with E-state index in [1.165, 1.54) is 49.7 Å². The Balaban J connectivity index is 1.63. The van der Waals surface area contributed by atoms with Crippen molar-refractivity contribution in [3.8, 4) is 0 Å². The Morgan fingerprint density at radius 2 is 2.44 bits per heavy atom. The van der Waals surface area contributed by atoms with E-state index in [1.807, 2.05) is 11.3 Å². The van der Waals surface area contributed by atoms with Crippen LogP contribution in [0.2, 0.25) is 0 Å². The SMILES string of the molecule is CN1CCC(c2csc(CC3CNC3)n2)C1. The molecule has 16 heavy (non-hydrogen) atoms. The Morgan fingerprint density at radius 1 is 1.56 bits per heavy atom. The zero-order valence-electron chi connectivity index (χ0n) is 9.78. The van der Waals surface area contributed by atoms with Gasteiger partial charge in [0, 0.05) is 24.3 Å². The summed E-state index contributed by atoms with van der Waals surface area (Å²) in [5.74, 6) is 1.53. The smallest absolute Gasteiger partial charge is 0.0932 e. The zero-order valence-corrected chi connectivity index (χ0v) is 10.6. The van der Waals surface area contributed by atoms with Gasteiger partial charge in [-0.15, -0.1) is 11.3 Å². The lowest BCUT2D eigenvalue weighted by atomic mass is 10.00. The van der Waals surface area contributed by atoms with Crippen molar-refractivity contribution in [2.24, 2.45) is 5.92 Å². The van der Waals surface area contributed by atoms with Gasteiger partial charge in [0.1, 0.15) is 0 Å². The average Bonchev–Trinajstić information content (AvgIpc) is 2.80. The van der Waals surface area contributed by atoms with Crippen molar-refractivity contribution in [2.75, 3.05) is 33.2 Å². The van der Waals surface area contributed by atoms with Gasteiger partial charge in [-0.05, 0) is 39.0 Å². The number of likely N-dealkylation sites (N-methyl/N-ethyl adjacent to an activating group) is 1. The molecule has 0 aliphatic carbocycles. The van der Waals surface area contributed by atoms with Gasteiger partial charge in [-0.3, -0.25) is 0 Å². The van der Waals surface area contributed by atoms with Crippen LogP contribution in [0.4, 0.5) is 0 Å². The van der Waals surface area contributed by atoms with E-state index in [1.54, 1.807) is 0 Å². The summed E-state index contributed by atoms with van der Waals surface area (Å²) in [6, 6.07) is 0. The van der Waals surface area contributed by atoms with Crippen molar-refractivity contribution in [1.29, 1.82) is 0 Å². The number of nitrogens with one attached hydrogen (secondary N) is 1. The summed E-state index contributed by atoms with van der Waals surface area (Å²) in [4.78, 5) is 7.21. The number of aromatic nitrogens is 1. The minimum absolute atomic E-state index is 0.689. The van der Waals surface area contributed by atoms with Crippen LogP contribution >= 0.6 is 11.3 Å². The average molecular weight is 237 g/mol. The third-order valence-electron chi connectivity index (χ3n) is 3.71. The van der Waals surface area contributed by atoms with Crippen molar-refractivity contribution in [1.82, 2.24) is 15.2 Å². The van der Waals surface area contributed by atoms with Crippen LogP contribution < -0.4 is 5.32 Å². The fourth-order valence-corrected chi connectivity index (χ4v) is 3.51. The molecule has 0 bridgehead atoms. The highest BCUT2D eigenvalue weighted by molar-refractivity contribution is 7.09. The number of thiazole rings is 1. The zero-order chi connectivity index (χ0) is 11.0. The minimum Gasteiger partial charge on any atom is -0.316 e. The first-order valence-electron chi connectivity index (χ1n) is 6.15. The van der Waals surface area contributed by atoms with Crippen molar-refractivity contribution in [3.05, 3.63) is 16.1 Å². The number of hydrogen-bond acceptors (Lipinski definition) is 4. The van der Waals surface area contributed by atoms with Crippen LogP contribution in [-0.4, -0.2) is 43.1 Å². The molecule has 3 nitrogen and oxygen atoms in total. The van der Waals surface area contributed by atoms with Gasteiger partial charge in [-0.25, -0.2) is 4.98 Å². The minimum atomic E-state index is 0.689. The number of hydrogen-bond donors (Lipinski definition) is 1. The molecule has 2 aliphatic heterocycles. The Labute approximate surface area is 101 Å². The number of rotatable bonds is 3. The van der Waals surface area contributed by atoms with Gasteiger partial charge in [0.15, 0.2) is 0 Å². The lowest BCUT2D eigenvalue weighted by Gasteiger charge is -2.25. The van der Waals surface area contributed by atoms with E-state index < -0.39 is 0 Å². The molecule has 1 atom stereocenters. The second kappa shape index (κ2) is 4.43. The first-order valence-corrected chi connectivity index (χ1v) is 7.03. The van der Waals surface area contributed by atoms with Crippen LogP contribution in [0, 0.1) is 5.92 Å². The standard InChI is InChI=1S/C12H19N3S/c1-15-3-2-10(7-15)11-8-16-12(14-11)4-9-5-13-6-9/h8-10,13H,2-7H2,1H3. The maximum absolute atomic E-state index is 4.81. The summed E-state index contributed by atoms with van der Waals surface area (Å²) in [5, 5.41) is 6.95. The van der Waals surface area contributed by atoms with Gasteiger partial charge in [0.05, 0.1) is 10.7 Å². The van der Waals surface area contributed by atoms with Crippen LogP contribution in [-0.2, 0) is 6.42 Å². The van der Waals surface area contributed by atoms with E-state index in [-0.39, 0.29) is 0 Å². The summed E-state index contributed by atoms with van der Waals surface area (Å²) in [7, 11) is 2.20. The molecule has 1 aromatic rings. The normalized spacial score (nSPS) is 27.2. The van der Waals surface area contributed by atoms with Crippen LogP contribution in [0.3, 0.4) is 0 Å². The predicted molar refractivity (Wildman–Crippen MR) is 67.0 cm³/mol. The Bertz CT molecular complexity index is 359. The van der Waals surface area contributed by atoms with E-state index in [2.05, 4.69) is 22.6 Å². The van der Waals surface area contributed by atoms with E-state index in [0.29, 0.717) is 5.92 Å². The Kier molecular flexibility index (Phi) is 2.96. The molecular formula is C12H19N3S. The van der Waals surface area contributed by atoms with E-state index in [9.17, 15) is 0 Å². The van der Waals surface area contributed by atoms with Gasteiger partial charge >= 0.3 is 0 Å². The Hall–Kier alpha value is -0.450. The fraction of sp³-hybridized carbons (Fsp3) is 0.750. The molecule has 3 rings (SSSR count). The van der Waals surface area contributed by atoms with E-state index in [0.717, 1.165) is 5.92 Å². The largest absolute Gasteiger partial charge is 0.316 e. The fourth-order valence-electron chi connectivity index (χ4n) is 2.52. The summed E-state index contributed by atoms with van der Waals surface area (Å²) >= 11 is 1.86. The van der Waals surface area contributed by atoms with Gasteiger partial charge < -0.3 is 10.2 Å². The molecule has 1 aromatic heterocycles. The van der Waals surface area contributed by atoms with Crippen LogP contribution in [0.25, 0.3) is 0 Å². The number of nitrogens with zero attached hydrogens (tertiary/aromatic N) is 2. The van der Waals surface area contributed by atoms with Gasteiger partial charge in [-0.2, -0.15) is 0 Å². The third-order valence-corrected chi connectivity index (χ3v) is 4.60. The van der Waals surface area contributed by atoms with Gasteiger partial charge in [-0.1, -0.05) is 0 Å². The molecule has 1 N–H and O–H groups in total. The van der Waals surface area contributed by atoms with Gasteiger partial charge in [0.25, 0.3) is 0 Å². The van der Waals surface area contributed by atoms with Crippen LogP contribution in [0.5, 0.6) is 0 Å². The topological polar surface area (TPSA) is 28.2 Å². The monoisotopic (exact) mass is 237 g/mol. The van der Waals surface area contributed by atoms with Crippen molar-refractivity contribution >= 4 is 11.3 Å². The molecule has 0 saturated carbocycles. The first-order chi connectivity index (χ1) is 7.81. The summed E-state index contributed by atoms with van der Waals surface area (Å²) < 4.78 is 0. The predicted octanol–water partition coefficient (Wildman–Crippen LogP) is 1.32. The molecule has 0 radical (unpaired) electrons.